The fourth-order valence-corrected chi connectivity index (χ4v) is 1.96. The van der Waals surface area contributed by atoms with E-state index in [1.165, 1.54) is 12.1 Å². The van der Waals surface area contributed by atoms with E-state index in [-0.39, 0.29) is 24.7 Å². The predicted octanol–water partition coefficient (Wildman–Crippen LogP) is 1.76. The van der Waals surface area contributed by atoms with Crippen LogP contribution in [0.3, 0.4) is 0 Å². The highest BCUT2D eigenvalue weighted by molar-refractivity contribution is 5.76. The molecular weight excluding hydrogens is 287 g/mol. The lowest BCUT2D eigenvalue weighted by atomic mass is 10.3. The molecule has 0 saturated carbocycles. The first-order valence-electron chi connectivity index (χ1n) is 6.60. The number of morpholine rings is 1. The van der Waals surface area contributed by atoms with Crippen molar-refractivity contribution >= 4 is 11.7 Å². The van der Waals surface area contributed by atoms with Gasteiger partial charge in [0.1, 0.15) is 11.5 Å². The number of nitrogens with zero attached hydrogens (tertiary/aromatic N) is 2. The Morgan fingerprint density at radius 3 is 2.71 bits per heavy atom. The summed E-state index contributed by atoms with van der Waals surface area (Å²) in [5, 5.41) is 2.74. The topological polar surface area (TPSA) is 54.5 Å². The fraction of sp³-hybridized carbons (Fsp3) is 0.538. The number of amides is 1. The fourth-order valence-electron chi connectivity index (χ4n) is 1.96. The summed E-state index contributed by atoms with van der Waals surface area (Å²) >= 11 is 0. The number of hydrogen-bond acceptors (Lipinski definition) is 4. The van der Waals surface area contributed by atoms with Gasteiger partial charge < -0.3 is 15.0 Å². The van der Waals surface area contributed by atoms with Crippen molar-refractivity contribution in [3.05, 3.63) is 23.9 Å². The summed E-state index contributed by atoms with van der Waals surface area (Å²) in [7, 11) is 0. The molecule has 5 nitrogen and oxygen atoms in total. The van der Waals surface area contributed by atoms with Crippen LogP contribution in [0.4, 0.5) is 19.0 Å². The maximum Gasteiger partial charge on any atom is 0.433 e. The van der Waals surface area contributed by atoms with Crippen LogP contribution in [-0.2, 0) is 15.7 Å². The zero-order chi connectivity index (χ0) is 15.3. The highest BCUT2D eigenvalue weighted by atomic mass is 19.4. The molecule has 0 unspecified atom stereocenters. The van der Waals surface area contributed by atoms with Gasteiger partial charge in [-0.15, -0.1) is 0 Å². The first-order chi connectivity index (χ1) is 9.97. The molecule has 2 rings (SSSR count). The molecule has 116 valence electrons. The van der Waals surface area contributed by atoms with Gasteiger partial charge in [0.25, 0.3) is 0 Å². The van der Waals surface area contributed by atoms with Crippen molar-refractivity contribution in [1.82, 2.24) is 9.88 Å². The average Bonchev–Trinajstić information content (AvgIpc) is 2.47. The molecule has 0 atom stereocenters. The lowest BCUT2D eigenvalue weighted by molar-refractivity contribution is -0.141. The molecule has 1 fully saturated rings. The van der Waals surface area contributed by atoms with E-state index in [9.17, 15) is 18.0 Å². The maximum atomic E-state index is 12.5. The smallest absolute Gasteiger partial charge is 0.378 e. The highest BCUT2D eigenvalue weighted by Gasteiger charge is 2.32. The van der Waals surface area contributed by atoms with Crippen LogP contribution < -0.4 is 5.32 Å². The van der Waals surface area contributed by atoms with E-state index >= 15 is 0 Å². The van der Waals surface area contributed by atoms with E-state index < -0.39 is 11.9 Å². The summed E-state index contributed by atoms with van der Waals surface area (Å²) in [6.45, 7) is 2.40. The second kappa shape index (κ2) is 6.75. The zero-order valence-corrected chi connectivity index (χ0v) is 11.3. The molecule has 1 amide bonds. The lowest BCUT2D eigenvalue weighted by Gasteiger charge is -2.26. The van der Waals surface area contributed by atoms with Gasteiger partial charge in [0.2, 0.25) is 5.91 Å². The van der Waals surface area contributed by atoms with E-state index in [0.29, 0.717) is 26.3 Å². The first kappa shape index (κ1) is 15.6. The van der Waals surface area contributed by atoms with Crippen LogP contribution in [0.15, 0.2) is 18.2 Å². The average molecular weight is 303 g/mol. The van der Waals surface area contributed by atoms with Crippen LogP contribution in [0.1, 0.15) is 12.1 Å². The van der Waals surface area contributed by atoms with Crippen LogP contribution in [0.5, 0.6) is 0 Å². The van der Waals surface area contributed by atoms with Crippen molar-refractivity contribution in [3.8, 4) is 0 Å². The molecule has 2 heterocycles. The van der Waals surface area contributed by atoms with Crippen LogP contribution in [0.2, 0.25) is 0 Å². The predicted molar refractivity (Wildman–Crippen MR) is 69.7 cm³/mol. The second-order valence-electron chi connectivity index (χ2n) is 4.58. The van der Waals surface area contributed by atoms with Crippen molar-refractivity contribution < 1.29 is 22.7 Å². The number of carbonyl (C=O) groups is 1. The van der Waals surface area contributed by atoms with Crippen molar-refractivity contribution in [3.63, 3.8) is 0 Å². The summed E-state index contributed by atoms with van der Waals surface area (Å²) < 4.78 is 42.6. The van der Waals surface area contributed by atoms with Gasteiger partial charge in [-0.2, -0.15) is 13.2 Å². The Morgan fingerprint density at radius 2 is 2.05 bits per heavy atom. The number of carbonyl (C=O) groups excluding carboxylic acids is 1. The summed E-state index contributed by atoms with van der Waals surface area (Å²) in [5.41, 5.74) is -0.952. The van der Waals surface area contributed by atoms with Crippen molar-refractivity contribution in [1.29, 1.82) is 0 Å². The van der Waals surface area contributed by atoms with E-state index in [1.807, 2.05) is 0 Å². The number of alkyl halides is 3. The minimum Gasteiger partial charge on any atom is -0.378 e. The summed E-state index contributed by atoms with van der Waals surface area (Å²) in [6, 6.07) is 3.63. The van der Waals surface area contributed by atoms with Gasteiger partial charge in [-0.25, -0.2) is 4.98 Å². The third-order valence-electron chi connectivity index (χ3n) is 3.05. The lowest BCUT2D eigenvalue weighted by Crippen LogP contribution is -2.41. The molecule has 1 N–H and O–H groups in total. The quantitative estimate of drug-likeness (QED) is 0.921. The second-order valence-corrected chi connectivity index (χ2v) is 4.58. The number of rotatable bonds is 4. The summed E-state index contributed by atoms with van der Waals surface area (Å²) in [4.78, 5) is 17.0. The Kier molecular flexibility index (Phi) is 5.00. The van der Waals surface area contributed by atoms with Gasteiger partial charge >= 0.3 is 6.18 Å². The standard InChI is InChI=1S/C13H16F3N3O2/c14-13(15,16)10-2-1-3-11(18-10)17-5-4-12(20)19-6-8-21-9-7-19/h1-3H,4-9H2,(H,17,18). The van der Waals surface area contributed by atoms with Gasteiger partial charge in [-0.05, 0) is 12.1 Å². The summed E-state index contributed by atoms with van der Waals surface area (Å²) in [6.07, 6.45) is -4.26. The number of pyridine rings is 1. The highest BCUT2D eigenvalue weighted by Crippen LogP contribution is 2.28. The van der Waals surface area contributed by atoms with E-state index in [1.54, 1.807) is 4.90 Å². The van der Waals surface area contributed by atoms with Crippen LogP contribution >= 0.6 is 0 Å². The molecule has 0 spiro atoms. The van der Waals surface area contributed by atoms with Gasteiger partial charge in [0.15, 0.2) is 0 Å². The molecule has 0 aliphatic carbocycles. The minimum atomic E-state index is -4.47. The molecular formula is C13H16F3N3O2. The maximum absolute atomic E-state index is 12.5. The number of halogens is 3. The van der Waals surface area contributed by atoms with E-state index in [4.69, 9.17) is 4.74 Å². The number of nitrogens with one attached hydrogen (secondary N) is 1. The molecule has 8 heteroatoms. The Hall–Kier alpha value is -1.83. The molecule has 1 aliphatic heterocycles. The SMILES string of the molecule is O=C(CCNc1cccc(C(F)(F)F)n1)N1CCOCC1. The summed E-state index contributed by atoms with van der Waals surface area (Å²) in [5.74, 6) is 0.0670. The Balaban J connectivity index is 1.82. The Morgan fingerprint density at radius 1 is 1.33 bits per heavy atom. The van der Waals surface area contributed by atoms with Crippen LogP contribution in [-0.4, -0.2) is 48.6 Å². The monoisotopic (exact) mass is 303 g/mol. The van der Waals surface area contributed by atoms with E-state index in [2.05, 4.69) is 10.3 Å². The number of hydrogen-bond donors (Lipinski definition) is 1. The Bertz CT molecular complexity index is 488. The molecule has 1 aromatic rings. The molecule has 21 heavy (non-hydrogen) atoms. The van der Waals surface area contributed by atoms with Crippen LogP contribution in [0.25, 0.3) is 0 Å². The normalized spacial score (nSPS) is 15.9. The number of aromatic nitrogens is 1. The molecule has 1 saturated heterocycles. The molecule has 1 aromatic heterocycles. The third kappa shape index (κ3) is 4.59. The van der Waals surface area contributed by atoms with E-state index in [0.717, 1.165) is 6.07 Å². The Labute approximate surface area is 120 Å². The molecule has 1 aliphatic rings. The molecule has 0 bridgehead atoms. The molecule has 0 radical (unpaired) electrons. The van der Waals surface area contributed by atoms with Crippen LogP contribution in [0, 0.1) is 0 Å². The van der Waals surface area contributed by atoms with Crippen molar-refractivity contribution in [2.45, 2.75) is 12.6 Å². The first-order valence-corrected chi connectivity index (χ1v) is 6.60. The minimum absolute atomic E-state index is 0.0437. The third-order valence-corrected chi connectivity index (χ3v) is 3.05. The van der Waals surface area contributed by atoms with Crippen molar-refractivity contribution in [2.75, 3.05) is 38.2 Å². The van der Waals surface area contributed by atoms with Crippen molar-refractivity contribution in [2.24, 2.45) is 0 Å². The zero-order valence-electron chi connectivity index (χ0n) is 11.3. The van der Waals surface area contributed by atoms with Gasteiger partial charge in [-0.3, -0.25) is 4.79 Å². The number of anilines is 1. The molecule has 0 aromatic carbocycles. The number of ether oxygens (including phenoxy) is 1. The van der Waals surface area contributed by atoms with Gasteiger partial charge in [-0.1, -0.05) is 6.07 Å². The largest absolute Gasteiger partial charge is 0.433 e. The van der Waals surface area contributed by atoms with Gasteiger partial charge in [0, 0.05) is 26.1 Å². The van der Waals surface area contributed by atoms with Gasteiger partial charge in [0.05, 0.1) is 13.2 Å².